The molecule has 2 saturated heterocycles. The summed E-state index contributed by atoms with van der Waals surface area (Å²) in [4.78, 5) is 51.3. The van der Waals surface area contributed by atoms with Gasteiger partial charge in [0.1, 0.15) is 18.1 Å². The SMILES string of the molecule is CC(C)C[C@@H]1NC(=O)CCNC(=O)[C@H]2CCCN2C(=O)CC[C@@H](C#N)NC1=O. The monoisotopic (exact) mass is 391 g/mol. The van der Waals surface area contributed by atoms with Crippen LogP contribution in [0.4, 0.5) is 0 Å². The van der Waals surface area contributed by atoms with Crippen LogP contribution in [-0.2, 0) is 19.2 Å². The summed E-state index contributed by atoms with van der Waals surface area (Å²) in [6.45, 7) is 4.50. The first-order chi connectivity index (χ1) is 13.3. The van der Waals surface area contributed by atoms with E-state index < -0.39 is 24.0 Å². The number of fused-ring (bicyclic) bond motifs is 1. The Morgan fingerprint density at radius 2 is 1.86 bits per heavy atom. The van der Waals surface area contributed by atoms with E-state index in [-0.39, 0.29) is 49.4 Å². The van der Waals surface area contributed by atoms with Gasteiger partial charge in [0.25, 0.3) is 0 Å². The highest BCUT2D eigenvalue weighted by atomic mass is 16.2. The predicted octanol–water partition coefficient (Wildman–Crippen LogP) is -0.183. The molecule has 0 aromatic rings. The smallest absolute Gasteiger partial charge is 0.243 e. The van der Waals surface area contributed by atoms with Gasteiger partial charge >= 0.3 is 0 Å². The fourth-order valence-electron chi connectivity index (χ4n) is 3.58. The van der Waals surface area contributed by atoms with Gasteiger partial charge < -0.3 is 20.9 Å². The minimum Gasteiger partial charge on any atom is -0.354 e. The quantitative estimate of drug-likeness (QED) is 0.601. The molecule has 2 fully saturated rings. The molecule has 9 heteroatoms. The lowest BCUT2D eigenvalue weighted by molar-refractivity contribution is -0.138. The van der Waals surface area contributed by atoms with Crippen molar-refractivity contribution in [3.8, 4) is 6.07 Å². The third kappa shape index (κ3) is 5.94. The Bertz CT molecular complexity index is 657. The Balaban J connectivity index is 2.17. The summed E-state index contributed by atoms with van der Waals surface area (Å²) in [5, 5.41) is 17.4. The summed E-state index contributed by atoms with van der Waals surface area (Å²) in [6.07, 6.45) is 2.02. The molecule has 0 unspecified atom stereocenters. The van der Waals surface area contributed by atoms with Crippen LogP contribution in [0, 0.1) is 17.2 Å². The molecular formula is C19H29N5O4. The molecule has 2 aliphatic rings. The molecule has 28 heavy (non-hydrogen) atoms. The molecule has 4 amide bonds. The molecule has 9 nitrogen and oxygen atoms in total. The average Bonchev–Trinajstić information content (AvgIpc) is 3.13. The highest BCUT2D eigenvalue weighted by Crippen LogP contribution is 2.19. The van der Waals surface area contributed by atoms with Crippen LogP contribution in [0.2, 0.25) is 0 Å². The van der Waals surface area contributed by atoms with Gasteiger partial charge in [0.2, 0.25) is 23.6 Å². The maximum atomic E-state index is 12.6. The third-order valence-corrected chi connectivity index (χ3v) is 5.01. The van der Waals surface area contributed by atoms with Crippen LogP contribution in [-0.4, -0.2) is 59.7 Å². The molecule has 3 N–H and O–H groups in total. The first-order valence-corrected chi connectivity index (χ1v) is 9.88. The van der Waals surface area contributed by atoms with Crippen LogP contribution in [0.3, 0.4) is 0 Å². The first kappa shape index (κ1) is 21.7. The van der Waals surface area contributed by atoms with Gasteiger partial charge in [-0.15, -0.1) is 0 Å². The lowest BCUT2D eigenvalue weighted by atomic mass is 10.0. The number of hydrogen-bond acceptors (Lipinski definition) is 5. The van der Waals surface area contributed by atoms with Crippen molar-refractivity contribution in [1.82, 2.24) is 20.9 Å². The lowest BCUT2D eigenvalue weighted by Gasteiger charge is -2.24. The van der Waals surface area contributed by atoms with E-state index in [1.807, 2.05) is 19.9 Å². The van der Waals surface area contributed by atoms with Gasteiger partial charge in [-0.25, -0.2) is 0 Å². The maximum absolute atomic E-state index is 12.6. The summed E-state index contributed by atoms with van der Waals surface area (Å²) in [7, 11) is 0. The van der Waals surface area contributed by atoms with E-state index in [1.165, 1.54) is 4.90 Å². The van der Waals surface area contributed by atoms with E-state index in [2.05, 4.69) is 16.0 Å². The Morgan fingerprint density at radius 3 is 2.54 bits per heavy atom. The summed E-state index contributed by atoms with van der Waals surface area (Å²) in [5.74, 6) is -1.08. The molecular weight excluding hydrogens is 362 g/mol. The van der Waals surface area contributed by atoms with Gasteiger partial charge in [0, 0.05) is 25.9 Å². The van der Waals surface area contributed by atoms with Crippen LogP contribution in [0.25, 0.3) is 0 Å². The molecule has 0 aromatic heterocycles. The highest BCUT2D eigenvalue weighted by molar-refractivity contribution is 5.90. The topological polar surface area (TPSA) is 131 Å². The van der Waals surface area contributed by atoms with E-state index in [0.717, 1.165) is 6.42 Å². The number of nitrogens with one attached hydrogen (secondary N) is 3. The maximum Gasteiger partial charge on any atom is 0.243 e. The van der Waals surface area contributed by atoms with Crippen molar-refractivity contribution in [2.45, 2.75) is 70.5 Å². The molecule has 0 saturated carbocycles. The Hall–Kier alpha value is -2.63. The Labute approximate surface area is 165 Å². The van der Waals surface area contributed by atoms with Crippen molar-refractivity contribution < 1.29 is 19.2 Å². The number of rotatable bonds is 2. The number of nitriles is 1. The van der Waals surface area contributed by atoms with Crippen molar-refractivity contribution in [2.24, 2.45) is 5.92 Å². The zero-order chi connectivity index (χ0) is 20.7. The van der Waals surface area contributed by atoms with Crippen molar-refractivity contribution >= 4 is 23.6 Å². The van der Waals surface area contributed by atoms with Crippen molar-refractivity contribution in [1.29, 1.82) is 5.26 Å². The Morgan fingerprint density at radius 1 is 1.11 bits per heavy atom. The van der Waals surface area contributed by atoms with Gasteiger partial charge in [-0.2, -0.15) is 5.26 Å². The molecule has 0 aromatic carbocycles. The predicted molar refractivity (Wildman–Crippen MR) is 101 cm³/mol. The van der Waals surface area contributed by atoms with Crippen molar-refractivity contribution in [3.63, 3.8) is 0 Å². The largest absolute Gasteiger partial charge is 0.354 e. The van der Waals surface area contributed by atoms with Crippen LogP contribution in [0.1, 0.15) is 52.4 Å². The number of carbonyl (C=O) groups excluding carboxylic acids is 4. The molecule has 3 atom stereocenters. The zero-order valence-electron chi connectivity index (χ0n) is 16.5. The molecule has 2 aliphatic heterocycles. The number of nitrogens with zero attached hydrogens (tertiary/aromatic N) is 2. The van der Waals surface area contributed by atoms with E-state index in [1.54, 1.807) is 0 Å². The molecule has 0 spiro atoms. The minimum absolute atomic E-state index is 0.0377. The fourth-order valence-corrected chi connectivity index (χ4v) is 3.58. The number of hydrogen-bond donors (Lipinski definition) is 3. The number of carbonyl (C=O) groups is 4. The van der Waals surface area contributed by atoms with E-state index in [0.29, 0.717) is 19.4 Å². The summed E-state index contributed by atoms with van der Waals surface area (Å²) < 4.78 is 0. The van der Waals surface area contributed by atoms with Crippen molar-refractivity contribution in [2.75, 3.05) is 13.1 Å². The minimum atomic E-state index is -0.831. The molecule has 0 aliphatic carbocycles. The van der Waals surface area contributed by atoms with Crippen LogP contribution in [0.5, 0.6) is 0 Å². The fraction of sp³-hybridized carbons (Fsp3) is 0.737. The zero-order valence-corrected chi connectivity index (χ0v) is 16.5. The summed E-state index contributed by atoms with van der Waals surface area (Å²) in [5.41, 5.74) is 0. The van der Waals surface area contributed by atoms with E-state index >= 15 is 0 Å². The van der Waals surface area contributed by atoms with Crippen LogP contribution in [0.15, 0.2) is 0 Å². The third-order valence-electron chi connectivity index (χ3n) is 5.01. The lowest BCUT2D eigenvalue weighted by Crippen LogP contribution is -2.50. The van der Waals surface area contributed by atoms with Crippen LogP contribution < -0.4 is 16.0 Å². The molecule has 0 bridgehead atoms. The second-order valence-corrected chi connectivity index (χ2v) is 7.76. The van der Waals surface area contributed by atoms with Gasteiger partial charge in [-0.3, -0.25) is 19.2 Å². The standard InChI is InChI=1S/C19H29N5O4/c1-12(2)10-14-18(27)22-13(11-20)5-6-17(26)24-9-3-4-15(24)19(28)21-8-7-16(25)23-14/h12-15H,3-10H2,1-2H3,(H,21,28)(H,22,27)(H,23,25)/t13-,14-,15+/m0/s1. The first-order valence-electron chi connectivity index (χ1n) is 9.88. The molecule has 2 rings (SSSR count). The van der Waals surface area contributed by atoms with Gasteiger partial charge in [0.15, 0.2) is 0 Å². The second-order valence-electron chi connectivity index (χ2n) is 7.76. The van der Waals surface area contributed by atoms with E-state index in [4.69, 9.17) is 0 Å². The molecule has 154 valence electrons. The summed E-state index contributed by atoms with van der Waals surface area (Å²) in [6, 6.07) is -0.123. The van der Waals surface area contributed by atoms with Crippen molar-refractivity contribution in [3.05, 3.63) is 0 Å². The normalized spacial score (nSPS) is 27.8. The van der Waals surface area contributed by atoms with Gasteiger partial charge in [-0.05, 0) is 31.6 Å². The second kappa shape index (κ2) is 10.1. The van der Waals surface area contributed by atoms with Gasteiger partial charge in [-0.1, -0.05) is 13.8 Å². The molecule has 0 radical (unpaired) electrons. The van der Waals surface area contributed by atoms with Crippen LogP contribution >= 0.6 is 0 Å². The highest BCUT2D eigenvalue weighted by Gasteiger charge is 2.34. The Kier molecular flexibility index (Phi) is 7.79. The average molecular weight is 391 g/mol. The number of amides is 4. The van der Waals surface area contributed by atoms with E-state index in [9.17, 15) is 24.4 Å². The summed E-state index contributed by atoms with van der Waals surface area (Å²) >= 11 is 0. The van der Waals surface area contributed by atoms with Gasteiger partial charge in [0.05, 0.1) is 6.07 Å². The molecule has 2 heterocycles.